The lowest BCUT2D eigenvalue weighted by Crippen LogP contribution is -2.15. The van der Waals surface area contributed by atoms with Crippen LogP contribution in [0.3, 0.4) is 0 Å². The molecule has 0 spiro atoms. The van der Waals surface area contributed by atoms with Crippen LogP contribution >= 0.6 is 0 Å². The summed E-state index contributed by atoms with van der Waals surface area (Å²) in [6.07, 6.45) is 1.65. The van der Waals surface area contributed by atoms with Crippen molar-refractivity contribution in [2.75, 3.05) is 5.32 Å². The Hall–Kier alpha value is -2.23. The monoisotopic (exact) mass is 272 g/mol. The molecule has 0 saturated heterocycles. The van der Waals surface area contributed by atoms with Gasteiger partial charge in [0.05, 0.1) is 0 Å². The Morgan fingerprint density at radius 1 is 1.20 bits per heavy atom. The first-order valence-electron chi connectivity index (χ1n) is 6.40. The molecule has 1 aromatic heterocycles. The standard InChI is InChI=1S/C16H17FN2O/c1-16(2,3)12-7-8-18-14(10-12)19-15(20)11-5-4-6-13(17)9-11/h4-10H,1-3H3,(H,18,19,20). The van der Waals surface area contributed by atoms with E-state index in [2.05, 4.69) is 31.1 Å². The van der Waals surface area contributed by atoms with E-state index < -0.39 is 5.82 Å². The normalized spacial score (nSPS) is 11.2. The molecule has 0 saturated carbocycles. The largest absolute Gasteiger partial charge is 0.307 e. The van der Waals surface area contributed by atoms with Crippen LogP contribution in [0.4, 0.5) is 10.2 Å². The van der Waals surface area contributed by atoms with Crippen LogP contribution in [0.15, 0.2) is 42.6 Å². The van der Waals surface area contributed by atoms with Gasteiger partial charge < -0.3 is 5.32 Å². The van der Waals surface area contributed by atoms with E-state index >= 15 is 0 Å². The van der Waals surface area contributed by atoms with Crippen molar-refractivity contribution in [2.24, 2.45) is 0 Å². The number of nitrogens with zero attached hydrogens (tertiary/aromatic N) is 1. The third-order valence-electron chi connectivity index (χ3n) is 2.95. The summed E-state index contributed by atoms with van der Waals surface area (Å²) in [7, 11) is 0. The Morgan fingerprint density at radius 3 is 2.60 bits per heavy atom. The lowest BCUT2D eigenvalue weighted by Gasteiger charge is -2.19. The minimum atomic E-state index is -0.436. The molecule has 0 bridgehead atoms. The number of amides is 1. The van der Waals surface area contributed by atoms with Crippen molar-refractivity contribution in [3.05, 3.63) is 59.5 Å². The summed E-state index contributed by atoms with van der Waals surface area (Å²) in [5, 5.41) is 2.68. The summed E-state index contributed by atoms with van der Waals surface area (Å²) in [5.41, 5.74) is 1.32. The van der Waals surface area contributed by atoms with Gasteiger partial charge in [0.25, 0.3) is 5.91 Å². The van der Waals surface area contributed by atoms with E-state index in [1.165, 1.54) is 18.2 Å². The second-order valence-electron chi connectivity index (χ2n) is 5.64. The third kappa shape index (κ3) is 3.41. The molecule has 2 aromatic rings. The average molecular weight is 272 g/mol. The summed E-state index contributed by atoms with van der Waals surface area (Å²) < 4.78 is 13.1. The molecule has 0 unspecified atom stereocenters. The van der Waals surface area contributed by atoms with Crippen molar-refractivity contribution in [1.29, 1.82) is 0 Å². The van der Waals surface area contributed by atoms with Crippen LogP contribution in [0.5, 0.6) is 0 Å². The highest BCUT2D eigenvalue weighted by molar-refractivity contribution is 6.03. The number of carbonyl (C=O) groups excluding carboxylic acids is 1. The molecule has 1 N–H and O–H groups in total. The van der Waals surface area contributed by atoms with Crippen molar-refractivity contribution < 1.29 is 9.18 Å². The van der Waals surface area contributed by atoms with Crippen LogP contribution in [0.1, 0.15) is 36.7 Å². The van der Waals surface area contributed by atoms with Gasteiger partial charge in [-0.25, -0.2) is 9.37 Å². The topological polar surface area (TPSA) is 42.0 Å². The van der Waals surface area contributed by atoms with Crippen molar-refractivity contribution in [1.82, 2.24) is 4.98 Å². The minimum absolute atomic E-state index is 0.0265. The van der Waals surface area contributed by atoms with E-state index in [1.807, 2.05) is 12.1 Å². The Kier molecular flexibility index (Phi) is 3.84. The number of nitrogens with one attached hydrogen (secondary N) is 1. The number of aromatic nitrogens is 1. The molecule has 20 heavy (non-hydrogen) atoms. The van der Waals surface area contributed by atoms with Crippen LogP contribution < -0.4 is 5.32 Å². The third-order valence-corrected chi connectivity index (χ3v) is 2.95. The van der Waals surface area contributed by atoms with E-state index in [0.29, 0.717) is 5.82 Å². The number of carbonyl (C=O) groups is 1. The molecule has 0 aliphatic heterocycles. The molecule has 0 radical (unpaired) electrons. The summed E-state index contributed by atoms with van der Waals surface area (Å²) in [5.74, 6) is -0.344. The van der Waals surface area contributed by atoms with E-state index in [9.17, 15) is 9.18 Å². The molecular formula is C16H17FN2O. The van der Waals surface area contributed by atoms with Gasteiger partial charge in [-0.3, -0.25) is 4.79 Å². The fourth-order valence-corrected chi connectivity index (χ4v) is 1.78. The molecule has 1 amide bonds. The van der Waals surface area contributed by atoms with Gasteiger partial charge in [0.2, 0.25) is 0 Å². The van der Waals surface area contributed by atoms with Gasteiger partial charge in [-0.2, -0.15) is 0 Å². The van der Waals surface area contributed by atoms with Crippen LogP contribution in [0, 0.1) is 5.82 Å². The molecule has 104 valence electrons. The van der Waals surface area contributed by atoms with E-state index in [4.69, 9.17) is 0 Å². The van der Waals surface area contributed by atoms with Crippen molar-refractivity contribution in [2.45, 2.75) is 26.2 Å². The van der Waals surface area contributed by atoms with Gasteiger partial charge in [0.1, 0.15) is 11.6 Å². The number of rotatable bonds is 2. The lowest BCUT2D eigenvalue weighted by molar-refractivity contribution is 0.102. The molecule has 0 aliphatic rings. The molecule has 0 fully saturated rings. The van der Waals surface area contributed by atoms with Gasteiger partial charge in [-0.1, -0.05) is 26.8 Å². The Morgan fingerprint density at radius 2 is 1.95 bits per heavy atom. The van der Waals surface area contributed by atoms with E-state index in [-0.39, 0.29) is 16.9 Å². The van der Waals surface area contributed by atoms with Crippen LogP contribution in [-0.4, -0.2) is 10.9 Å². The highest BCUT2D eigenvalue weighted by atomic mass is 19.1. The van der Waals surface area contributed by atoms with Crippen LogP contribution in [0.25, 0.3) is 0 Å². The molecule has 4 heteroatoms. The fraction of sp³-hybridized carbons (Fsp3) is 0.250. The number of benzene rings is 1. The van der Waals surface area contributed by atoms with Crippen LogP contribution in [-0.2, 0) is 5.41 Å². The first kappa shape index (κ1) is 14.2. The first-order valence-corrected chi connectivity index (χ1v) is 6.40. The Bertz CT molecular complexity index is 632. The highest BCUT2D eigenvalue weighted by Crippen LogP contribution is 2.23. The predicted octanol–water partition coefficient (Wildman–Crippen LogP) is 3.77. The summed E-state index contributed by atoms with van der Waals surface area (Å²) >= 11 is 0. The minimum Gasteiger partial charge on any atom is -0.307 e. The molecule has 0 aliphatic carbocycles. The average Bonchev–Trinajstić information content (AvgIpc) is 2.38. The van der Waals surface area contributed by atoms with Crippen molar-refractivity contribution >= 4 is 11.7 Å². The zero-order valence-corrected chi connectivity index (χ0v) is 11.8. The van der Waals surface area contributed by atoms with Gasteiger partial charge in [0.15, 0.2) is 0 Å². The number of pyridine rings is 1. The second kappa shape index (κ2) is 5.41. The zero-order valence-electron chi connectivity index (χ0n) is 11.8. The van der Waals surface area contributed by atoms with E-state index in [0.717, 1.165) is 5.56 Å². The second-order valence-corrected chi connectivity index (χ2v) is 5.64. The maximum Gasteiger partial charge on any atom is 0.256 e. The summed E-state index contributed by atoms with van der Waals surface area (Å²) in [4.78, 5) is 16.1. The molecular weight excluding hydrogens is 255 g/mol. The van der Waals surface area contributed by atoms with Gasteiger partial charge in [-0.15, -0.1) is 0 Å². The maximum absolute atomic E-state index is 13.1. The molecule has 0 atom stereocenters. The first-order chi connectivity index (χ1) is 9.36. The highest BCUT2D eigenvalue weighted by Gasteiger charge is 2.15. The molecule has 1 heterocycles. The molecule has 3 nitrogen and oxygen atoms in total. The number of hydrogen-bond donors (Lipinski definition) is 1. The van der Waals surface area contributed by atoms with Gasteiger partial charge in [-0.05, 0) is 41.3 Å². The number of halogens is 1. The smallest absolute Gasteiger partial charge is 0.256 e. The Labute approximate surface area is 117 Å². The van der Waals surface area contributed by atoms with E-state index in [1.54, 1.807) is 12.3 Å². The van der Waals surface area contributed by atoms with Crippen molar-refractivity contribution in [3.63, 3.8) is 0 Å². The van der Waals surface area contributed by atoms with Gasteiger partial charge >= 0.3 is 0 Å². The summed E-state index contributed by atoms with van der Waals surface area (Å²) in [6.45, 7) is 6.25. The lowest BCUT2D eigenvalue weighted by atomic mass is 9.88. The molecule has 1 aromatic carbocycles. The number of anilines is 1. The molecule has 2 rings (SSSR count). The van der Waals surface area contributed by atoms with Crippen molar-refractivity contribution in [3.8, 4) is 0 Å². The zero-order chi connectivity index (χ0) is 14.8. The number of hydrogen-bond acceptors (Lipinski definition) is 2. The summed E-state index contributed by atoms with van der Waals surface area (Å²) in [6, 6.07) is 9.31. The van der Waals surface area contributed by atoms with Crippen LogP contribution in [0.2, 0.25) is 0 Å². The van der Waals surface area contributed by atoms with Gasteiger partial charge in [0, 0.05) is 11.8 Å². The SMILES string of the molecule is CC(C)(C)c1ccnc(NC(=O)c2cccc(F)c2)c1. The predicted molar refractivity (Wildman–Crippen MR) is 77.3 cm³/mol. The fourth-order valence-electron chi connectivity index (χ4n) is 1.78. The quantitative estimate of drug-likeness (QED) is 0.904. The Balaban J connectivity index is 2.20. The maximum atomic E-state index is 13.1.